The quantitative estimate of drug-likeness (QED) is 0.752. The summed E-state index contributed by atoms with van der Waals surface area (Å²) in [5, 5.41) is 0. The summed E-state index contributed by atoms with van der Waals surface area (Å²) in [5.41, 5.74) is 7.98. The van der Waals surface area contributed by atoms with Crippen LogP contribution in [0.5, 0.6) is 0 Å². The Morgan fingerprint density at radius 3 is 2.39 bits per heavy atom. The van der Waals surface area contributed by atoms with E-state index in [0.29, 0.717) is 6.04 Å². The van der Waals surface area contributed by atoms with E-state index < -0.39 is 0 Å². The van der Waals surface area contributed by atoms with Crippen LogP contribution in [0, 0.1) is 0 Å². The molecular formula is C15H27N3. The molecule has 0 saturated heterocycles. The second-order valence-electron chi connectivity index (χ2n) is 5.22. The first-order valence-corrected chi connectivity index (χ1v) is 7.04. The number of hydrogen-bond acceptors (Lipinski definition) is 3. The van der Waals surface area contributed by atoms with Crippen LogP contribution in [-0.2, 0) is 0 Å². The summed E-state index contributed by atoms with van der Waals surface area (Å²) in [6.07, 6.45) is 5.73. The van der Waals surface area contributed by atoms with Gasteiger partial charge >= 0.3 is 0 Å². The van der Waals surface area contributed by atoms with E-state index >= 15 is 0 Å². The molecule has 102 valence electrons. The van der Waals surface area contributed by atoms with E-state index in [4.69, 9.17) is 5.73 Å². The number of anilines is 1. The average molecular weight is 249 g/mol. The fourth-order valence-electron chi connectivity index (χ4n) is 2.05. The Balaban J connectivity index is 2.72. The lowest BCUT2D eigenvalue weighted by Crippen LogP contribution is -2.31. The van der Waals surface area contributed by atoms with Crippen LogP contribution in [0.3, 0.4) is 0 Å². The van der Waals surface area contributed by atoms with Gasteiger partial charge in [0.15, 0.2) is 0 Å². The molecule has 1 aromatic heterocycles. The Hall–Kier alpha value is -1.09. The summed E-state index contributed by atoms with van der Waals surface area (Å²) >= 11 is 0. The van der Waals surface area contributed by atoms with Gasteiger partial charge in [-0.2, -0.15) is 0 Å². The standard InChI is InChI=1S/C15H27N3/c1-5-6-7-10-18(12(2)3)14-8-9-15(13(4)16)17-11-14/h8-9,11-13H,5-7,10,16H2,1-4H3. The normalized spacial score (nSPS) is 12.8. The third-order valence-corrected chi connectivity index (χ3v) is 3.19. The van der Waals surface area contributed by atoms with Gasteiger partial charge in [0.2, 0.25) is 0 Å². The van der Waals surface area contributed by atoms with Crippen molar-refractivity contribution in [2.75, 3.05) is 11.4 Å². The number of aromatic nitrogens is 1. The first-order chi connectivity index (χ1) is 8.56. The minimum Gasteiger partial charge on any atom is -0.368 e. The minimum atomic E-state index is 0.00615. The van der Waals surface area contributed by atoms with Crippen molar-refractivity contribution < 1.29 is 0 Å². The highest BCUT2D eigenvalue weighted by Gasteiger charge is 2.11. The summed E-state index contributed by atoms with van der Waals surface area (Å²) in [7, 11) is 0. The zero-order valence-corrected chi connectivity index (χ0v) is 12.2. The molecule has 0 radical (unpaired) electrons. The average Bonchev–Trinajstić information content (AvgIpc) is 2.34. The molecule has 0 aliphatic heterocycles. The van der Waals surface area contributed by atoms with Gasteiger partial charge < -0.3 is 10.6 Å². The third-order valence-electron chi connectivity index (χ3n) is 3.19. The highest BCUT2D eigenvalue weighted by Crippen LogP contribution is 2.18. The van der Waals surface area contributed by atoms with Crippen LogP contribution < -0.4 is 10.6 Å². The highest BCUT2D eigenvalue weighted by atomic mass is 15.2. The van der Waals surface area contributed by atoms with Crippen molar-refractivity contribution in [1.82, 2.24) is 4.98 Å². The molecule has 18 heavy (non-hydrogen) atoms. The van der Waals surface area contributed by atoms with Crippen LogP contribution in [0.25, 0.3) is 0 Å². The first kappa shape index (κ1) is 15.0. The Labute approximate surface area is 111 Å². The van der Waals surface area contributed by atoms with E-state index in [1.807, 2.05) is 19.2 Å². The zero-order valence-electron chi connectivity index (χ0n) is 12.2. The van der Waals surface area contributed by atoms with E-state index in [-0.39, 0.29) is 6.04 Å². The van der Waals surface area contributed by atoms with Crippen LogP contribution in [0.2, 0.25) is 0 Å². The Morgan fingerprint density at radius 1 is 1.22 bits per heavy atom. The van der Waals surface area contributed by atoms with Gasteiger partial charge in [0, 0.05) is 18.6 Å². The second kappa shape index (κ2) is 7.37. The third kappa shape index (κ3) is 4.30. The van der Waals surface area contributed by atoms with Gasteiger partial charge in [0.1, 0.15) is 0 Å². The monoisotopic (exact) mass is 249 g/mol. The Kier molecular flexibility index (Phi) is 6.13. The summed E-state index contributed by atoms with van der Waals surface area (Å²) in [6.45, 7) is 9.75. The number of nitrogens with two attached hydrogens (primary N) is 1. The van der Waals surface area contributed by atoms with E-state index in [9.17, 15) is 0 Å². The molecule has 1 aromatic rings. The summed E-state index contributed by atoms with van der Waals surface area (Å²) in [6, 6.07) is 4.68. The van der Waals surface area contributed by atoms with Crippen LogP contribution in [-0.4, -0.2) is 17.6 Å². The maximum atomic E-state index is 5.82. The number of rotatable bonds is 7. The molecule has 1 rings (SSSR count). The van der Waals surface area contributed by atoms with Crippen molar-refractivity contribution >= 4 is 5.69 Å². The number of unbranched alkanes of at least 4 members (excludes halogenated alkanes) is 2. The number of nitrogens with zero attached hydrogens (tertiary/aromatic N) is 2. The van der Waals surface area contributed by atoms with E-state index in [1.54, 1.807) is 0 Å². The largest absolute Gasteiger partial charge is 0.368 e. The first-order valence-electron chi connectivity index (χ1n) is 7.04. The molecule has 3 heteroatoms. The van der Waals surface area contributed by atoms with Crippen molar-refractivity contribution in [3.63, 3.8) is 0 Å². The summed E-state index contributed by atoms with van der Waals surface area (Å²) in [4.78, 5) is 6.85. The Bertz CT molecular complexity index is 330. The van der Waals surface area contributed by atoms with Crippen molar-refractivity contribution in [2.24, 2.45) is 5.73 Å². The van der Waals surface area contributed by atoms with Gasteiger partial charge in [0.25, 0.3) is 0 Å². The van der Waals surface area contributed by atoms with Crippen LogP contribution in [0.15, 0.2) is 18.3 Å². The predicted octanol–water partition coefficient (Wildman–Crippen LogP) is 3.51. The van der Waals surface area contributed by atoms with Gasteiger partial charge in [-0.05, 0) is 39.3 Å². The van der Waals surface area contributed by atoms with E-state index in [0.717, 1.165) is 12.2 Å². The SMILES string of the molecule is CCCCCN(c1ccc(C(C)N)nc1)C(C)C. The fourth-order valence-corrected chi connectivity index (χ4v) is 2.05. The molecule has 0 fully saturated rings. The minimum absolute atomic E-state index is 0.00615. The van der Waals surface area contributed by atoms with Gasteiger partial charge in [-0.1, -0.05) is 19.8 Å². The van der Waals surface area contributed by atoms with Crippen molar-refractivity contribution in [3.05, 3.63) is 24.0 Å². The molecular weight excluding hydrogens is 222 g/mol. The lowest BCUT2D eigenvalue weighted by molar-refractivity contribution is 0.624. The topological polar surface area (TPSA) is 42.1 Å². The molecule has 3 nitrogen and oxygen atoms in total. The maximum Gasteiger partial charge on any atom is 0.0569 e. The van der Waals surface area contributed by atoms with Gasteiger partial charge in [-0.3, -0.25) is 4.98 Å². The molecule has 0 spiro atoms. The van der Waals surface area contributed by atoms with Crippen LogP contribution in [0.4, 0.5) is 5.69 Å². The van der Waals surface area contributed by atoms with Crippen molar-refractivity contribution in [1.29, 1.82) is 0 Å². The maximum absolute atomic E-state index is 5.82. The molecule has 0 aliphatic carbocycles. The highest BCUT2D eigenvalue weighted by molar-refractivity contribution is 5.45. The molecule has 1 heterocycles. The lowest BCUT2D eigenvalue weighted by Gasteiger charge is -2.29. The zero-order chi connectivity index (χ0) is 13.5. The van der Waals surface area contributed by atoms with E-state index in [2.05, 4.69) is 36.7 Å². The molecule has 1 unspecified atom stereocenters. The Morgan fingerprint density at radius 2 is 1.94 bits per heavy atom. The van der Waals surface area contributed by atoms with Crippen molar-refractivity contribution in [3.8, 4) is 0 Å². The second-order valence-corrected chi connectivity index (χ2v) is 5.22. The molecule has 0 bridgehead atoms. The molecule has 0 amide bonds. The lowest BCUT2D eigenvalue weighted by atomic mass is 10.2. The summed E-state index contributed by atoms with van der Waals surface area (Å²) in [5.74, 6) is 0. The smallest absolute Gasteiger partial charge is 0.0569 e. The molecule has 2 N–H and O–H groups in total. The van der Waals surface area contributed by atoms with Crippen LogP contribution in [0.1, 0.15) is 58.7 Å². The molecule has 0 saturated carbocycles. The summed E-state index contributed by atoms with van der Waals surface area (Å²) < 4.78 is 0. The van der Waals surface area contributed by atoms with E-state index in [1.165, 1.54) is 24.9 Å². The molecule has 0 aliphatic rings. The van der Waals surface area contributed by atoms with Crippen LogP contribution >= 0.6 is 0 Å². The fraction of sp³-hybridized carbons (Fsp3) is 0.667. The van der Waals surface area contributed by atoms with Gasteiger partial charge in [0.05, 0.1) is 17.6 Å². The number of pyridine rings is 1. The van der Waals surface area contributed by atoms with Gasteiger partial charge in [-0.25, -0.2) is 0 Å². The van der Waals surface area contributed by atoms with Crippen molar-refractivity contribution in [2.45, 2.75) is 59.0 Å². The molecule has 1 atom stereocenters. The van der Waals surface area contributed by atoms with Gasteiger partial charge in [-0.15, -0.1) is 0 Å². The molecule has 0 aromatic carbocycles. The predicted molar refractivity (Wildman–Crippen MR) is 78.8 cm³/mol. The number of hydrogen-bond donors (Lipinski definition) is 1.